The number of anilines is 1. The van der Waals surface area contributed by atoms with Gasteiger partial charge in [0.25, 0.3) is 5.69 Å². The Hall–Kier alpha value is -2.96. The molecular formula is C18H18N2O5. The van der Waals surface area contributed by atoms with E-state index in [9.17, 15) is 24.8 Å². The summed E-state index contributed by atoms with van der Waals surface area (Å²) in [5.74, 6) is -3.49. The van der Waals surface area contributed by atoms with Gasteiger partial charge >= 0.3 is 5.97 Å². The van der Waals surface area contributed by atoms with Crippen LogP contribution in [-0.2, 0) is 9.59 Å². The van der Waals surface area contributed by atoms with Crippen molar-refractivity contribution in [2.45, 2.75) is 13.8 Å². The lowest BCUT2D eigenvalue weighted by molar-refractivity contribution is -0.384. The van der Waals surface area contributed by atoms with Crippen LogP contribution in [0.2, 0.25) is 0 Å². The van der Waals surface area contributed by atoms with Crippen LogP contribution in [0, 0.1) is 33.8 Å². The van der Waals surface area contributed by atoms with Crippen LogP contribution < -0.4 is 5.32 Å². The third-order valence-corrected chi connectivity index (χ3v) is 4.89. The number of hydrogen-bond acceptors (Lipinski definition) is 4. The Morgan fingerprint density at radius 1 is 1.16 bits per heavy atom. The van der Waals surface area contributed by atoms with Crippen molar-refractivity contribution < 1.29 is 19.6 Å². The van der Waals surface area contributed by atoms with Crippen LogP contribution in [0.5, 0.6) is 0 Å². The Balaban J connectivity index is 1.90. The number of allylic oxidation sites excluding steroid dienone is 4. The highest BCUT2D eigenvalue weighted by molar-refractivity contribution is 5.97. The number of aliphatic carboxylic acids is 1. The maximum absolute atomic E-state index is 12.8. The first-order valence-corrected chi connectivity index (χ1v) is 7.95. The van der Waals surface area contributed by atoms with Gasteiger partial charge in [-0.3, -0.25) is 19.7 Å². The van der Waals surface area contributed by atoms with Gasteiger partial charge in [-0.15, -0.1) is 0 Å². The molecular weight excluding hydrogens is 324 g/mol. The zero-order chi connectivity index (χ0) is 18.3. The predicted octanol–water partition coefficient (Wildman–Crippen LogP) is 3.00. The molecule has 1 aromatic carbocycles. The first-order valence-electron chi connectivity index (χ1n) is 7.95. The van der Waals surface area contributed by atoms with Crippen molar-refractivity contribution in [3.63, 3.8) is 0 Å². The molecule has 0 radical (unpaired) electrons. The first kappa shape index (κ1) is 16.9. The molecule has 2 bridgehead atoms. The average molecular weight is 342 g/mol. The Bertz CT molecular complexity index is 823. The third kappa shape index (κ3) is 2.82. The fourth-order valence-electron chi connectivity index (χ4n) is 3.96. The molecule has 0 spiro atoms. The fraction of sp³-hybridized carbons (Fsp3) is 0.333. The number of fused-ring (bicyclic) bond motifs is 2. The Kier molecular flexibility index (Phi) is 4.16. The van der Waals surface area contributed by atoms with Crippen molar-refractivity contribution in [3.05, 3.63) is 57.7 Å². The van der Waals surface area contributed by atoms with Gasteiger partial charge in [-0.1, -0.05) is 29.4 Å². The van der Waals surface area contributed by atoms with Crippen molar-refractivity contribution >= 4 is 23.3 Å². The third-order valence-electron chi connectivity index (χ3n) is 4.89. The van der Waals surface area contributed by atoms with E-state index in [4.69, 9.17) is 0 Å². The van der Waals surface area contributed by atoms with Gasteiger partial charge in [0.05, 0.1) is 16.8 Å². The van der Waals surface area contributed by atoms with Gasteiger partial charge in [-0.25, -0.2) is 0 Å². The second kappa shape index (κ2) is 6.16. The number of amides is 1. The van der Waals surface area contributed by atoms with Crippen molar-refractivity contribution in [1.82, 2.24) is 0 Å². The Morgan fingerprint density at radius 3 is 2.36 bits per heavy atom. The van der Waals surface area contributed by atoms with Gasteiger partial charge in [0.1, 0.15) is 0 Å². The largest absolute Gasteiger partial charge is 0.481 e. The van der Waals surface area contributed by atoms with E-state index in [1.54, 1.807) is 6.07 Å². The topological polar surface area (TPSA) is 110 Å². The molecule has 0 aliphatic heterocycles. The number of hydrogen-bond donors (Lipinski definition) is 2. The quantitative estimate of drug-likeness (QED) is 0.496. The highest BCUT2D eigenvalue weighted by atomic mass is 16.6. The van der Waals surface area contributed by atoms with E-state index in [1.807, 2.05) is 26.0 Å². The number of carboxylic acids is 1. The lowest BCUT2D eigenvalue weighted by atomic mass is 9.82. The number of nitrogens with one attached hydrogen (secondary N) is 1. The summed E-state index contributed by atoms with van der Waals surface area (Å²) in [6.45, 7) is 3.84. The monoisotopic (exact) mass is 342 g/mol. The number of benzene rings is 1. The molecule has 1 saturated carbocycles. The summed E-state index contributed by atoms with van der Waals surface area (Å²) in [5, 5.41) is 23.1. The van der Waals surface area contributed by atoms with Crippen LogP contribution in [0.25, 0.3) is 0 Å². The summed E-state index contributed by atoms with van der Waals surface area (Å²) in [4.78, 5) is 34.8. The number of nitro groups is 1. The molecule has 1 aromatic rings. The number of nitro benzene ring substituents is 1. The smallest absolute Gasteiger partial charge is 0.308 e. The minimum Gasteiger partial charge on any atom is -0.481 e. The minimum atomic E-state index is -1.00. The minimum absolute atomic E-state index is 0.134. The Morgan fingerprint density at radius 2 is 1.80 bits per heavy atom. The summed E-state index contributed by atoms with van der Waals surface area (Å²) in [6.07, 6.45) is 3.76. The lowest BCUT2D eigenvalue weighted by Gasteiger charge is -2.23. The van der Waals surface area contributed by atoms with E-state index in [1.165, 1.54) is 18.2 Å². The van der Waals surface area contributed by atoms with E-state index < -0.39 is 28.6 Å². The molecule has 1 amide bonds. The van der Waals surface area contributed by atoms with E-state index in [0.717, 1.165) is 11.1 Å². The standard InChI is InChI=1S/C18H18N2O5/c1-9(2)14-12-6-7-13(14)16(18(22)23)15(12)17(21)19-10-4-3-5-11(8-10)20(24)25/h3-8,12-13,15-16H,1-2H3,(H,19,21)(H,22,23)/t12-,13-,15+,16-/m1/s1. The van der Waals surface area contributed by atoms with Gasteiger partial charge in [0.15, 0.2) is 0 Å². The van der Waals surface area contributed by atoms with Crippen molar-refractivity contribution in [2.24, 2.45) is 23.7 Å². The summed E-state index contributed by atoms with van der Waals surface area (Å²) in [7, 11) is 0. The molecule has 2 aliphatic rings. The molecule has 130 valence electrons. The molecule has 0 unspecified atom stereocenters. The average Bonchev–Trinajstić information content (AvgIpc) is 3.11. The molecule has 1 fully saturated rings. The number of carbonyl (C=O) groups excluding carboxylic acids is 1. The number of non-ortho nitro benzene ring substituents is 1. The van der Waals surface area contributed by atoms with E-state index >= 15 is 0 Å². The summed E-state index contributed by atoms with van der Waals surface area (Å²) < 4.78 is 0. The van der Waals surface area contributed by atoms with Crippen LogP contribution >= 0.6 is 0 Å². The van der Waals surface area contributed by atoms with Crippen LogP contribution in [0.15, 0.2) is 47.6 Å². The normalized spacial score (nSPS) is 26.6. The molecule has 0 heterocycles. The predicted molar refractivity (Wildman–Crippen MR) is 90.8 cm³/mol. The van der Waals surface area contributed by atoms with Crippen molar-refractivity contribution in [2.75, 3.05) is 5.32 Å². The second-order valence-electron chi connectivity index (χ2n) is 6.58. The number of carboxylic acid groups (broad SMARTS) is 1. The van der Waals surface area contributed by atoms with Crippen molar-refractivity contribution in [3.8, 4) is 0 Å². The summed E-state index contributed by atoms with van der Waals surface area (Å²) in [5.41, 5.74) is 2.17. The maximum Gasteiger partial charge on any atom is 0.308 e. The highest BCUT2D eigenvalue weighted by Gasteiger charge is 2.54. The highest BCUT2D eigenvalue weighted by Crippen LogP contribution is 2.53. The van der Waals surface area contributed by atoms with E-state index in [2.05, 4.69) is 5.32 Å². The van der Waals surface area contributed by atoms with Crippen molar-refractivity contribution in [1.29, 1.82) is 0 Å². The lowest BCUT2D eigenvalue weighted by Crippen LogP contribution is -2.36. The summed E-state index contributed by atoms with van der Waals surface area (Å²) >= 11 is 0. The SMILES string of the molecule is CC(C)=C1[C@H]2C=C[C@H]1[C@@H](C(=O)O)[C@H]2C(=O)Nc1cccc([N+](=O)[O-])c1. The molecule has 4 atom stereocenters. The molecule has 0 aromatic heterocycles. The Labute approximate surface area is 144 Å². The molecule has 7 nitrogen and oxygen atoms in total. The van der Waals surface area contributed by atoms with Crippen LogP contribution in [0.4, 0.5) is 11.4 Å². The van der Waals surface area contributed by atoms with Gasteiger partial charge in [0.2, 0.25) is 5.91 Å². The van der Waals surface area contributed by atoms with Gasteiger partial charge in [0, 0.05) is 29.7 Å². The maximum atomic E-state index is 12.8. The zero-order valence-corrected chi connectivity index (χ0v) is 13.8. The molecule has 2 aliphatic carbocycles. The second-order valence-corrected chi connectivity index (χ2v) is 6.58. The van der Waals surface area contributed by atoms with E-state index in [0.29, 0.717) is 0 Å². The zero-order valence-electron chi connectivity index (χ0n) is 13.8. The number of rotatable bonds is 4. The molecule has 7 heteroatoms. The van der Waals surface area contributed by atoms with E-state index in [-0.39, 0.29) is 23.2 Å². The number of nitrogens with zero attached hydrogens (tertiary/aromatic N) is 1. The number of carbonyl (C=O) groups is 2. The van der Waals surface area contributed by atoms with Crippen LogP contribution in [-0.4, -0.2) is 21.9 Å². The van der Waals surface area contributed by atoms with Gasteiger partial charge in [-0.2, -0.15) is 0 Å². The molecule has 3 rings (SSSR count). The fourth-order valence-corrected chi connectivity index (χ4v) is 3.96. The van der Waals surface area contributed by atoms with Crippen LogP contribution in [0.1, 0.15) is 13.8 Å². The molecule has 2 N–H and O–H groups in total. The summed E-state index contributed by atoms with van der Waals surface area (Å²) in [6, 6.07) is 5.62. The first-order chi connectivity index (χ1) is 11.8. The van der Waals surface area contributed by atoms with Crippen LogP contribution in [0.3, 0.4) is 0 Å². The van der Waals surface area contributed by atoms with Gasteiger partial charge in [-0.05, 0) is 19.9 Å². The molecule has 25 heavy (non-hydrogen) atoms. The van der Waals surface area contributed by atoms with Gasteiger partial charge < -0.3 is 10.4 Å². The molecule has 0 saturated heterocycles.